The van der Waals surface area contributed by atoms with Crippen LogP contribution in [0.2, 0.25) is 0 Å². The summed E-state index contributed by atoms with van der Waals surface area (Å²) in [5.74, 6) is 0.501. The summed E-state index contributed by atoms with van der Waals surface area (Å²) in [5.41, 5.74) is 0.969. The summed E-state index contributed by atoms with van der Waals surface area (Å²) >= 11 is 7.38. The Hall–Kier alpha value is -0.320. The minimum atomic E-state index is 0.501. The molecule has 2 rings (SSSR count). The van der Waals surface area contributed by atoms with Crippen LogP contribution in [0, 0.1) is 0 Å². The van der Waals surface area contributed by atoms with Crippen LogP contribution in [0.15, 0.2) is 5.38 Å². The lowest BCUT2D eigenvalue weighted by Crippen LogP contribution is -2.25. The fourth-order valence-corrected chi connectivity index (χ4v) is 2.55. The third kappa shape index (κ3) is 2.38. The maximum atomic E-state index is 5.71. The molecule has 78 valence electrons. The van der Waals surface area contributed by atoms with E-state index in [9.17, 15) is 0 Å². The molecule has 1 aliphatic rings. The average molecular weight is 233 g/mol. The number of thiazole rings is 1. The molecule has 0 aromatic carbocycles. The molecule has 1 aromatic rings. The van der Waals surface area contributed by atoms with E-state index >= 15 is 0 Å². The molecule has 2 heterocycles. The summed E-state index contributed by atoms with van der Waals surface area (Å²) in [6.07, 6.45) is 1.08. The van der Waals surface area contributed by atoms with Crippen molar-refractivity contribution < 1.29 is 4.74 Å². The van der Waals surface area contributed by atoms with Gasteiger partial charge in [-0.2, -0.15) is 0 Å². The quantitative estimate of drug-likeness (QED) is 0.731. The van der Waals surface area contributed by atoms with Gasteiger partial charge in [-0.05, 0) is 6.42 Å². The summed E-state index contributed by atoms with van der Waals surface area (Å²) < 4.78 is 5.39. The zero-order valence-electron chi connectivity index (χ0n) is 7.91. The van der Waals surface area contributed by atoms with E-state index in [-0.39, 0.29) is 0 Å². The SMILES string of the molecule is ClCc1csc(N2CCCOCC2)n1. The molecule has 14 heavy (non-hydrogen) atoms. The summed E-state index contributed by atoms with van der Waals surface area (Å²) in [6, 6.07) is 0. The van der Waals surface area contributed by atoms with E-state index in [1.807, 2.05) is 5.38 Å². The van der Waals surface area contributed by atoms with Gasteiger partial charge in [-0.25, -0.2) is 4.98 Å². The smallest absolute Gasteiger partial charge is 0.185 e. The average Bonchev–Trinajstić information content (AvgIpc) is 2.53. The van der Waals surface area contributed by atoms with E-state index in [2.05, 4.69) is 9.88 Å². The van der Waals surface area contributed by atoms with Crippen molar-refractivity contribution in [3.63, 3.8) is 0 Å². The van der Waals surface area contributed by atoms with Gasteiger partial charge < -0.3 is 9.64 Å². The van der Waals surface area contributed by atoms with Gasteiger partial charge in [-0.15, -0.1) is 22.9 Å². The Morgan fingerprint density at radius 2 is 2.43 bits per heavy atom. The topological polar surface area (TPSA) is 25.4 Å². The minimum absolute atomic E-state index is 0.501. The van der Waals surface area contributed by atoms with Crippen molar-refractivity contribution in [1.29, 1.82) is 0 Å². The number of halogens is 1. The maximum Gasteiger partial charge on any atom is 0.185 e. The van der Waals surface area contributed by atoms with Crippen molar-refractivity contribution in [3.8, 4) is 0 Å². The molecule has 0 amide bonds. The second-order valence-electron chi connectivity index (χ2n) is 3.21. The lowest BCUT2D eigenvalue weighted by molar-refractivity contribution is 0.152. The Morgan fingerprint density at radius 1 is 1.50 bits per heavy atom. The number of aromatic nitrogens is 1. The maximum absolute atomic E-state index is 5.71. The Bertz CT molecular complexity index is 284. The van der Waals surface area contributed by atoms with Crippen molar-refractivity contribution in [2.24, 2.45) is 0 Å². The van der Waals surface area contributed by atoms with E-state index in [0.29, 0.717) is 5.88 Å². The Balaban J connectivity index is 2.04. The molecule has 0 radical (unpaired) electrons. The minimum Gasteiger partial charge on any atom is -0.380 e. The highest BCUT2D eigenvalue weighted by molar-refractivity contribution is 7.13. The molecule has 0 unspecified atom stereocenters. The standard InChI is InChI=1S/C9H13ClN2OS/c10-6-8-7-14-9(11-8)12-2-1-4-13-5-3-12/h7H,1-6H2. The van der Waals surface area contributed by atoms with Crippen molar-refractivity contribution in [2.45, 2.75) is 12.3 Å². The zero-order chi connectivity index (χ0) is 9.80. The number of ether oxygens (including phenoxy) is 1. The van der Waals surface area contributed by atoms with Crippen LogP contribution >= 0.6 is 22.9 Å². The van der Waals surface area contributed by atoms with E-state index < -0.39 is 0 Å². The third-order valence-electron chi connectivity index (χ3n) is 2.17. The Kier molecular flexibility index (Phi) is 3.61. The van der Waals surface area contributed by atoms with Gasteiger partial charge in [0.15, 0.2) is 5.13 Å². The van der Waals surface area contributed by atoms with Crippen molar-refractivity contribution in [1.82, 2.24) is 4.98 Å². The van der Waals surface area contributed by atoms with Gasteiger partial charge in [0.1, 0.15) is 0 Å². The number of hydrogen-bond donors (Lipinski definition) is 0. The van der Waals surface area contributed by atoms with Gasteiger partial charge in [0.25, 0.3) is 0 Å². The largest absolute Gasteiger partial charge is 0.380 e. The van der Waals surface area contributed by atoms with Gasteiger partial charge in [-0.1, -0.05) is 0 Å². The predicted octanol–water partition coefficient (Wildman–Crippen LogP) is 2.11. The Labute approximate surface area is 92.7 Å². The predicted molar refractivity (Wildman–Crippen MR) is 59.3 cm³/mol. The molecule has 0 spiro atoms. The van der Waals surface area contributed by atoms with Crippen molar-refractivity contribution >= 4 is 28.1 Å². The summed E-state index contributed by atoms with van der Waals surface area (Å²) in [4.78, 5) is 6.72. The highest BCUT2D eigenvalue weighted by atomic mass is 35.5. The molecule has 1 aliphatic heterocycles. The first kappa shape index (κ1) is 10.2. The van der Waals surface area contributed by atoms with Crippen LogP contribution in [-0.2, 0) is 10.6 Å². The zero-order valence-corrected chi connectivity index (χ0v) is 9.48. The third-order valence-corrected chi connectivity index (χ3v) is 3.39. The van der Waals surface area contributed by atoms with Gasteiger partial charge in [-0.3, -0.25) is 0 Å². The number of anilines is 1. The molecule has 1 fully saturated rings. The van der Waals surface area contributed by atoms with Crippen molar-refractivity contribution in [3.05, 3.63) is 11.1 Å². The number of hydrogen-bond acceptors (Lipinski definition) is 4. The van der Waals surface area contributed by atoms with Crippen LogP contribution in [0.5, 0.6) is 0 Å². The first-order chi connectivity index (χ1) is 6.90. The Morgan fingerprint density at radius 3 is 3.21 bits per heavy atom. The second kappa shape index (κ2) is 4.96. The number of nitrogens with zero attached hydrogens (tertiary/aromatic N) is 2. The monoisotopic (exact) mass is 232 g/mol. The molecule has 0 atom stereocenters. The van der Waals surface area contributed by atoms with E-state index in [1.165, 1.54) is 0 Å². The molecule has 0 N–H and O–H groups in total. The van der Waals surface area contributed by atoms with Crippen LogP contribution in [0.4, 0.5) is 5.13 Å². The molecule has 5 heteroatoms. The summed E-state index contributed by atoms with van der Waals surface area (Å²) in [7, 11) is 0. The van der Waals surface area contributed by atoms with Crippen molar-refractivity contribution in [2.75, 3.05) is 31.2 Å². The molecule has 0 aliphatic carbocycles. The lowest BCUT2D eigenvalue weighted by atomic mass is 10.4. The first-order valence-corrected chi connectivity index (χ1v) is 6.14. The van der Waals surface area contributed by atoms with Crippen LogP contribution in [-0.4, -0.2) is 31.3 Å². The van der Waals surface area contributed by atoms with Gasteiger partial charge in [0.05, 0.1) is 18.2 Å². The van der Waals surface area contributed by atoms with E-state index in [1.54, 1.807) is 11.3 Å². The van der Waals surface area contributed by atoms with Gasteiger partial charge >= 0.3 is 0 Å². The second-order valence-corrected chi connectivity index (χ2v) is 4.31. The van der Waals surface area contributed by atoms with Gasteiger partial charge in [0, 0.05) is 25.1 Å². The molecule has 0 saturated carbocycles. The van der Waals surface area contributed by atoms with Gasteiger partial charge in [0.2, 0.25) is 0 Å². The summed E-state index contributed by atoms with van der Waals surface area (Å²) in [5, 5.41) is 3.10. The molecule has 3 nitrogen and oxygen atoms in total. The van der Waals surface area contributed by atoms with E-state index in [0.717, 1.165) is 43.5 Å². The fraction of sp³-hybridized carbons (Fsp3) is 0.667. The molecule has 0 bridgehead atoms. The van der Waals surface area contributed by atoms with E-state index in [4.69, 9.17) is 16.3 Å². The van der Waals surface area contributed by atoms with Crippen LogP contribution in [0.3, 0.4) is 0 Å². The molecule has 1 aromatic heterocycles. The number of rotatable bonds is 2. The summed E-state index contributed by atoms with van der Waals surface area (Å²) in [6.45, 7) is 3.64. The van der Waals surface area contributed by atoms with Crippen LogP contribution in [0.1, 0.15) is 12.1 Å². The molecular formula is C9H13ClN2OS. The molecular weight excluding hydrogens is 220 g/mol. The highest BCUT2D eigenvalue weighted by Crippen LogP contribution is 2.22. The lowest BCUT2D eigenvalue weighted by Gasteiger charge is -2.17. The normalized spacial score (nSPS) is 18.2. The van der Waals surface area contributed by atoms with Crippen LogP contribution in [0.25, 0.3) is 0 Å². The highest BCUT2D eigenvalue weighted by Gasteiger charge is 2.12. The number of alkyl halides is 1. The fourth-order valence-electron chi connectivity index (χ4n) is 1.44. The molecule has 1 saturated heterocycles. The first-order valence-electron chi connectivity index (χ1n) is 4.73. The van der Waals surface area contributed by atoms with Crippen LogP contribution < -0.4 is 4.90 Å².